The fourth-order valence-electron chi connectivity index (χ4n) is 2.20. The van der Waals surface area contributed by atoms with Crippen LogP contribution in [0.1, 0.15) is 32.6 Å². The standard InChI is InChI=1S/C20H24OS/c1-2-3-4-5-6-7-16-22-20-14-10-18(11-15-20)17-8-12-19(21)13-9-17/h5-6,8-15,21H,2-4,7,16H2,1H3/b6-5+. The van der Waals surface area contributed by atoms with Crippen LogP contribution in [0.5, 0.6) is 5.75 Å². The molecule has 0 aromatic heterocycles. The van der Waals surface area contributed by atoms with Crippen molar-refractivity contribution >= 4 is 11.8 Å². The van der Waals surface area contributed by atoms with Crippen LogP contribution >= 0.6 is 11.8 Å². The Morgan fingerprint density at radius 1 is 0.864 bits per heavy atom. The molecule has 0 atom stereocenters. The number of hydrogen-bond acceptors (Lipinski definition) is 2. The highest BCUT2D eigenvalue weighted by molar-refractivity contribution is 7.99. The van der Waals surface area contributed by atoms with Crippen LogP contribution in [-0.4, -0.2) is 10.9 Å². The minimum Gasteiger partial charge on any atom is -0.508 e. The molecule has 0 fully saturated rings. The molecule has 0 unspecified atom stereocenters. The van der Waals surface area contributed by atoms with Crippen LogP contribution in [0.3, 0.4) is 0 Å². The van der Waals surface area contributed by atoms with Crippen LogP contribution in [-0.2, 0) is 0 Å². The third-order valence-electron chi connectivity index (χ3n) is 3.50. The Labute approximate surface area is 138 Å². The molecular formula is C20H24OS. The maximum Gasteiger partial charge on any atom is 0.115 e. The van der Waals surface area contributed by atoms with E-state index in [1.165, 1.54) is 29.7 Å². The van der Waals surface area contributed by atoms with Crippen LogP contribution in [0.2, 0.25) is 0 Å². The molecule has 0 spiro atoms. The predicted molar refractivity (Wildman–Crippen MR) is 97.5 cm³/mol. The van der Waals surface area contributed by atoms with Crippen molar-refractivity contribution in [1.29, 1.82) is 0 Å². The number of aromatic hydroxyl groups is 1. The quantitative estimate of drug-likeness (QED) is 0.351. The summed E-state index contributed by atoms with van der Waals surface area (Å²) in [6.45, 7) is 2.23. The van der Waals surface area contributed by atoms with Gasteiger partial charge in [0, 0.05) is 10.6 Å². The molecule has 0 heterocycles. The molecule has 2 aromatic rings. The second-order valence-electron chi connectivity index (χ2n) is 5.32. The minimum absolute atomic E-state index is 0.308. The van der Waals surface area contributed by atoms with Gasteiger partial charge in [0.15, 0.2) is 0 Å². The number of hydrogen-bond donors (Lipinski definition) is 1. The van der Waals surface area contributed by atoms with E-state index in [0.29, 0.717) is 5.75 Å². The van der Waals surface area contributed by atoms with Gasteiger partial charge >= 0.3 is 0 Å². The average molecular weight is 312 g/mol. The van der Waals surface area contributed by atoms with Crippen LogP contribution in [0.25, 0.3) is 11.1 Å². The maximum atomic E-state index is 9.33. The first kappa shape index (κ1) is 16.7. The number of phenols is 1. The summed E-state index contributed by atoms with van der Waals surface area (Å²) in [5.41, 5.74) is 2.32. The van der Waals surface area contributed by atoms with Crippen molar-refractivity contribution in [2.75, 3.05) is 5.75 Å². The molecule has 0 aliphatic rings. The Morgan fingerprint density at radius 2 is 1.45 bits per heavy atom. The van der Waals surface area contributed by atoms with Gasteiger partial charge in [0.05, 0.1) is 0 Å². The number of thioether (sulfide) groups is 1. The van der Waals surface area contributed by atoms with Gasteiger partial charge in [0.1, 0.15) is 5.75 Å². The molecule has 0 aliphatic carbocycles. The van der Waals surface area contributed by atoms with Crippen molar-refractivity contribution in [3.63, 3.8) is 0 Å². The monoisotopic (exact) mass is 312 g/mol. The average Bonchev–Trinajstić information content (AvgIpc) is 2.55. The second-order valence-corrected chi connectivity index (χ2v) is 6.49. The van der Waals surface area contributed by atoms with Gasteiger partial charge < -0.3 is 5.11 Å². The van der Waals surface area contributed by atoms with E-state index in [-0.39, 0.29) is 0 Å². The number of rotatable bonds is 8. The van der Waals surface area contributed by atoms with Crippen molar-refractivity contribution in [2.24, 2.45) is 0 Å². The molecular weight excluding hydrogens is 288 g/mol. The molecule has 22 heavy (non-hydrogen) atoms. The first-order valence-corrected chi connectivity index (χ1v) is 8.95. The number of benzene rings is 2. The van der Waals surface area contributed by atoms with Gasteiger partial charge in [-0.3, -0.25) is 0 Å². The molecule has 1 nitrogen and oxygen atoms in total. The van der Waals surface area contributed by atoms with Gasteiger partial charge in [0.25, 0.3) is 0 Å². The zero-order valence-corrected chi connectivity index (χ0v) is 14.0. The van der Waals surface area contributed by atoms with Crippen LogP contribution < -0.4 is 0 Å². The third-order valence-corrected chi connectivity index (χ3v) is 4.54. The fraction of sp³-hybridized carbons (Fsp3) is 0.300. The third kappa shape index (κ3) is 5.61. The first-order chi connectivity index (χ1) is 10.8. The zero-order valence-electron chi connectivity index (χ0n) is 13.2. The van der Waals surface area contributed by atoms with Crippen LogP contribution in [0.15, 0.2) is 65.6 Å². The summed E-state index contributed by atoms with van der Waals surface area (Å²) in [6.07, 6.45) is 9.51. The summed E-state index contributed by atoms with van der Waals surface area (Å²) in [6, 6.07) is 16.0. The Bertz CT molecular complexity index is 570. The Kier molecular flexibility index (Phi) is 7.11. The molecule has 2 heteroatoms. The largest absolute Gasteiger partial charge is 0.508 e. The number of phenolic OH excluding ortho intramolecular Hbond substituents is 1. The molecule has 2 rings (SSSR count). The first-order valence-electron chi connectivity index (χ1n) is 7.97. The SMILES string of the molecule is CCCC/C=C/CCSc1ccc(-c2ccc(O)cc2)cc1. The lowest BCUT2D eigenvalue weighted by atomic mass is 10.1. The number of allylic oxidation sites excluding steroid dienone is 2. The van der Waals surface area contributed by atoms with E-state index >= 15 is 0 Å². The lowest BCUT2D eigenvalue weighted by Gasteiger charge is -2.04. The van der Waals surface area contributed by atoms with Crippen LogP contribution in [0.4, 0.5) is 0 Å². The van der Waals surface area contributed by atoms with Crippen molar-refractivity contribution in [1.82, 2.24) is 0 Å². The van der Waals surface area contributed by atoms with Gasteiger partial charge in [-0.2, -0.15) is 0 Å². The second kappa shape index (κ2) is 9.37. The molecule has 0 radical (unpaired) electrons. The van der Waals surface area contributed by atoms with Gasteiger partial charge in [-0.05, 0) is 48.2 Å². The summed E-state index contributed by atoms with van der Waals surface area (Å²) >= 11 is 1.90. The van der Waals surface area contributed by atoms with E-state index in [1.807, 2.05) is 23.9 Å². The molecule has 1 N–H and O–H groups in total. The highest BCUT2D eigenvalue weighted by atomic mass is 32.2. The Morgan fingerprint density at radius 3 is 2.09 bits per heavy atom. The molecule has 0 saturated heterocycles. The summed E-state index contributed by atoms with van der Waals surface area (Å²) in [7, 11) is 0. The summed E-state index contributed by atoms with van der Waals surface area (Å²) in [4.78, 5) is 1.31. The highest BCUT2D eigenvalue weighted by Gasteiger charge is 1.99. The van der Waals surface area contributed by atoms with Crippen LogP contribution in [0, 0.1) is 0 Å². The number of unbranched alkanes of at least 4 members (excludes halogenated alkanes) is 2. The maximum absolute atomic E-state index is 9.33. The van der Waals surface area contributed by atoms with E-state index in [1.54, 1.807) is 12.1 Å². The molecule has 116 valence electrons. The smallest absolute Gasteiger partial charge is 0.115 e. The molecule has 0 aliphatic heterocycles. The van der Waals surface area contributed by atoms with Crippen molar-refractivity contribution in [2.45, 2.75) is 37.5 Å². The van der Waals surface area contributed by atoms with Gasteiger partial charge in [-0.25, -0.2) is 0 Å². The summed E-state index contributed by atoms with van der Waals surface area (Å²) in [5.74, 6) is 1.43. The van der Waals surface area contributed by atoms with Crippen molar-refractivity contribution in [3.05, 3.63) is 60.7 Å². The van der Waals surface area contributed by atoms with Gasteiger partial charge in [0.2, 0.25) is 0 Å². The summed E-state index contributed by atoms with van der Waals surface area (Å²) < 4.78 is 0. The van der Waals surface area contributed by atoms with Crippen molar-refractivity contribution < 1.29 is 5.11 Å². The molecule has 0 bridgehead atoms. The zero-order chi connectivity index (χ0) is 15.6. The fourth-order valence-corrected chi connectivity index (χ4v) is 3.02. The van der Waals surface area contributed by atoms with E-state index < -0.39 is 0 Å². The molecule has 0 saturated carbocycles. The lowest BCUT2D eigenvalue weighted by Crippen LogP contribution is -1.80. The van der Waals surface area contributed by atoms with Gasteiger partial charge in [-0.1, -0.05) is 56.2 Å². The van der Waals surface area contributed by atoms with E-state index in [4.69, 9.17) is 0 Å². The Balaban J connectivity index is 1.79. The van der Waals surface area contributed by atoms with E-state index in [0.717, 1.165) is 17.7 Å². The van der Waals surface area contributed by atoms with E-state index in [2.05, 4.69) is 43.3 Å². The predicted octanol–water partition coefficient (Wildman–Crippen LogP) is 6.29. The van der Waals surface area contributed by atoms with Gasteiger partial charge in [-0.15, -0.1) is 11.8 Å². The molecule has 0 amide bonds. The minimum atomic E-state index is 0.308. The molecule has 2 aromatic carbocycles. The summed E-state index contributed by atoms with van der Waals surface area (Å²) in [5, 5.41) is 9.33. The lowest BCUT2D eigenvalue weighted by molar-refractivity contribution is 0.475. The van der Waals surface area contributed by atoms with E-state index in [9.17, 15) is 5.11 Å². The highest BCUT2D eigenvalue weighted by Crippen LogP contribution is 2.25. The topological polar surface area (TPSA) is 20.2 Å². The normalized spacial score (nSPS) is 11.1. The van der Waals surface area contributed by atoms with Crippen molar-refractivity contribution in [3.8, 4) is 16.9 Å². The Hall–Kier alpha value is -1.67.